The molecule has 0 spiro atoms. The van der Waals surface area contributed by atoms with E-state index in [2.05, 4.69) is 0 Å². The van der Waals surface area contributed by atoms with Gasteiger partial charge in [-0.1, -0.05) is 13.0 Å². The number of aliphatic carboxylic acids is 1. The van der Waals surface area contributed by atoms with Crippen LogP contribution in [0.4, 0.5) is 0 Å². The predicted molar refractivity (Wildman–Crippen MR) is 49.1 cm³/mol. The van der Waals surface area contributed by atoms with Crippen LogP contribution in [0.3, 0.4) is 0 Å². The van der Waals surface area contributed by atoms with Gasteiger partial charge in [-0.2, -0.15) is 5.26 Å². The number of rotatable bonds is 3. The van der Waals surface area contributed by atoms with Crippen LogP contribution in [0.2, 0.25) is 0 Å². The SMILES string of the molecule is CC1C=C(OCC(=O)O)C(C#N)=CC1. The van der Waals surface area contributed by atoms with Gasteiger partial charge in [0.05, 0.1) is 5.57 Å². The molecule has 4 heteroatoms. The highest BCUT2D eigenvalue weighted by molar-refractivity contribution is 5.68. The van der Waals surface area contributed by atoms with Gasteiger partial charge in [-0.15, -0.1) is 0 Å². The number of ether oxygens (including phenoxy) is 1. The van der Waals surface area contributed by atoms with Crippen molar-refractivity contribution in [3.8, 4) is 6.07 Å². The quantitative estimate of drug-likeness (QED) is 0.736. The van der Waals surface area contributed by atoms with Crippen LogP contribution in [-0.4, -0.2) is 17.7 Å². The first kappa shape index (κ1) is 10.3. The lowest BCUT2D eigenvalue weighted by atomic mass is 9.97. The standard InChI is InChI=1S/C10H11NO3/c1-7-2-3-8(5-11)9(4-7)14-6-10(12)13/h3-4,7H,2,6H2,1H3,(H,12,13). The summed E-state index contributed by atoms with van der Waals surface area (Å²) in [6.45, 7) is 1.58. The average molecular weight is 193 g/mol. The average Bonchev–Trinajstić information content (AvgIpc) is 2.15. The Morgan fingerprint density at radius 3 is 3.14 bits per heavy atom. The Bertz CT molecular complexity index is 336. The second kappa shape index (κ2) is 4.47. The minimum Gasteiger partial charge on any atom is -0.481 e. The van der Waals surface area contributed by atoms with Gasteiger partial charge in [-0.25, -0.2) is 4.79 Å². The number of carbonyl (C=O) groups is 1. The number of carboxylic acids is 1. The van der Waals surface area contributed by atoms with Crippen LogP contribution < -0.4 is 0 Å². The molecule has 0 bridgehead atoms. The predicted octanol–water partition coefficient (Wildman–Crippen LogP) is 1.46. The molecule has 0 fully saturated rings. The Hall–Kier alpha value is -1.76. The second-order valence-corrected chi connectivity index (χ2v) is 3.16. The Balaban J connectivity index is 2.68. The summed E-state index contributed by atoms with van der Waals surface area (Å²) in [5.41, 5.74) is 0.421. The molecule has 0 aliphatic heterocycles. The summed E-state index contributed by atoms with van der Waals surface area (Å²) in [4.78, 5) is 10.3. The molecule has 1 unspecified atom stereocenters. The molecule has 0 amide bonds. The lowest BCUT2D eigenvalue weighted by Crippen LogP contribution is -2.10. The van der Waals surface area contributed by atoms with Crippen molar-refractivity contribution < 1.29 is 14.6 Å². The zero-order valence-electron chi connectivity index (χ0n) is 7.86. The smallest absolute Gasteiger partial charge is 0.341 e. The molecule has 1 atom stereocenters. The van der Waals surface area contributed by atoms with Gasteiger partial charge >= 0.3 is 5.97 Å². The van der Waals surface area contributed by atoms with Crippen LogP contribution in [-0.2, 0) is 9.53 Å². The topological polar surface area (TPSA) is 70.3 Å². The van der Waals surface area contributed by atoms with Gasteiger partial charge in [0.15, 0.2) is 6.61 Å². The zero-order valence-corrected chi connectivity index (χ0v) is 7.86. The number of allylic oxidation sites excluding steroid dienone is 3. The molecule has 0 heterocycles. The Labute approximate surface area is 82.1 Å². The molecule has 0 saturated carbocycles. The summed E-state index contributed by atoms with van der Waals surface area (Å²) in [5.74, 6) is -0.369. The molecule has 0 radical (unpaired) electrons. The molecule has 4 nitrogen and oxygen atoms in total. The summed E-state index contributed by atoms with van der Waals surface area (Å²) in [6.07, 6.45) is 4.34. The van der Waals surface area contributed by atoms with Crippen molar-refractivity contribution in [2.45, 2.75) is 13.3 Å². The van der Waals surface area contributed by atoms with Crippen molar-refractivity contribution in [1.29, 1.82) is 5.26 Å². The molecule has 1 N–H and O–H groups in total. The van der Waals surface area contributed by atoms with E-state index in [4.69, 9.17) is 15.1 Å². The first-order chi connectivity index (χ1) is 6.63. The van der Waals surface area contributed by atoms with Crippen LogP contribution in [0.15, 0.2) is 23.5 Å². The number of nitriles is 1. The highest BCUT2D eigenvalue weighted by atomic mass is 16.5. The lowest BCUT2D eigenvalue weighted by molar-refractivity contribution is -0.140. The molecule has 0 aromatic rings. The fraction of sp³-hybridized carbons (Fsp3) is 0.400. The van der Waals surface area contributed by atoms with Crippen LogP contribution >= 0.6 is 0 Å². The largest absolute Gasteiger partial charge is 0.481 e. The zero-order chi connectivity index (χ0) is 10.6. The summed E-state index contributed by atoms with van der Waals surface area (Å²) >= 11 is 0. The van der Waals surface area contributed by atoms with Gasteiger partial charge in [0, 0.05) is 0 Å². The number of hydrogen-bond acceptors (Lipinski definition) is 3. The van der Waals surface area contributed by atoms with Crippen molar-refractivity contribution in [3.05, 3.63) is 23.5 Å². The van der Waals surface area contributed by atoms with Crippen LogP contribution in [0.1, 0.15) is 13.3 Å². The molecule has 74 valence electrons. The van der Waals surface area contributed by atoms with Gasteiger partial charge in [-0.05, 0) is 18.4 Å². The molecular formula is C10H11NO3. The third-order valence-electron chi connectivity index (χ3n) is 1.87. The Kier molecular flexibility index (Phi) is 3.29. The van der Waals surface area contributed by atoms with Gasteiger partial charge < -0.3 is 9.84 Å². The summed E-state index contributed by atoms with van der Waals surface area (Å²) in [7, 11) is 0. The second-order valence-electron chi connectivity index (χ2n) is 3.16. The molecule has 0 aromatic carbocycles. The van der Waals surface area contributed by atoms with E-state index in [0.29, 0.717) is 11.3 Å². The van der Waals surface area contributed by atoms with Crippen LogP contribution in [0.25, 0.3) is 0 Å². The van der Waals surface area contributed by atoms with E-state index < -0.39 is 12.6 Å². The molecular weight excluding hydrogens is 182 g/mol. The van der Waals surface area contributed by atoms with E-state index in [1.807, 2.05) is 13.0 Å². The van der Waals surface area contributed by atoms with Gasteiger partial charge in [0.2, 0.25) is 0 Å². The van der Waals surface area contributed by atoms with E-state index in [1.54, 1.807) is 12.2 Å². The Morgan fingerprint density at radius 1 is 1.86 bits per heavy atom. The van der Waals surface area contributed by atoms with E-state index in [9.17, 15) is 4.79 Å². The molecule has 0 aromatic heterocycles. The van der Waals surface area contributed by atoms with E-state index in [-0.39, 0.29) is 5.92 Å². The third-order valence-corrected chi connectivity index (χ3v) is 1.87. The number of carboxylic acid groups (broad SMARTS) is 1. The third kappa shape index (κ3) is 2.63. The lowest BCUT2D eigenvalue weighted by Gasteiger charge is -2.15. The summed E-state index contributed by atoms with van der Waals surface area (Å²) in [5, 5.41) is 17.1. The van der Waals surface area contributed by atoms with Crippen molar-refractivity contribution in [3.63, 3.8) is 0 Å². The first-order valence-corrected chi connectivity index (χ1v) is 4.30. The first-order valence-electron chi connectivity index (χ1n) is 4.30. The van der Waals surface area contributed by atoms with Crippen molar-refractivity contribution in [1.82, 2.24) is 0 Å². The molecule has 0 saturated heterocycles. The van der Waals surface area contributed by atoms with Crippen molar-refractivity contribution in [2.24, 2.45) is 5.92 Å². The summed E-state index contributed by atoms with van der Waals surface area (Å²) in [6, 6.07) is 1.97. The van der Waals surface area contributed by atoms with Gasteiger partial charge in [0.25, 0.3) is 0 Å². The maximum Gasteiger partial charge on any atom is 0.341 e. The number of nitrogens with zero attached hydrogens (tertiary/aromatic N) is 1. The highest BCUT2D eigenvalue weighted by Gasteiger charge is 2.14. The normalized spacial score (nSPS) is 20.4. The summed E-state index contributed by atoms with van der Waals surface area (Å²) < 4.78 is 4.99. The fourth-order valence-electron chi connectivity index (χ4n) is 1.19. The van der Waals surface area contributed by atoms with Crippen LogP contribution in [0, 0.1) is 17.2 Å². The highest BCUT2D eigenvalue weighted by Crippen LogP contribution is 2.22. The van der Waals surface area contributed by atoms with E-state index in [1.165, 1.54) is 0 Å². The monoisotopic (exact) mass is 193 g/mol. The maximum atomic E-state index is 10.3. The molecule has 1 aliphatic carbocycles. The number of hydrogen-bond donors (Lipinski definition) is 1. The van der Waals surface area contributed by atoms with Gasteiger partial charge in [0.1, 0.15) is 11.8 Å². The Morgan fingerprint density at radius 2 is 2.57 bits per heavy atom. The minimum absolute atomic E-state index is 0.288. The van der Waals surface area contributed by atoms with Crippen LogP contribution in [0.5, 0.6) is 0 Å². The molecule has 1 aliphatic rings. The van der Waals surface area contributed by atoms with E-state index in [0.717, 1.165) is 6.42 Å². The fourth-order valence-corrected chi connectivity index (χ4v) is 1.19. The van der Waals surface area contributed by atoms with Crippen molar-refractivity contribution in [2.75, 3.05) is 6.61 Å². The molecule has 14 heavy (non-hydrogen) atoms. The maximum absolute atomic E-state index is 10.3. The van der Waals surface area contributed by atoms with Gasteiger partial charge in [-0.3, -0.25) is 0 Å². The molecule has 1 rings (SSSR count). The van der Waals surface area contributed by atoms with Crippen molar-refractivity contribution >= 4 is 5.97 Å². The minimum atomic E-state index is -1.04. The van der Waals surface area contributed by atoms with E-state index >= 15 is 0 Å².